The van der Waals surface area contributed by atoms with Crippen LogP contribution in [0.1, 0.15) is 47.5 Å². The molecule has 0 spiro atoms. The minimum Gasteiger partial charge on any atom is -0.456 e. The highest BCUT2D eigenvalue weighted by molar-refractivity contribution is 5.95. The molecule has 0 saturated heterocycles. The largest absolute Gasteiger partial charge is 0.456 e. The van der Waals surface area contributed by atoms with Gasteiger partial charge in [-0.2, -0.15) is 0 Å². The van der Waals surface area contributed by atoms with E-state index in [1.54, 1.807) is 20.8 Å². The molecular weight excluding hydrogens is 296 g/mol. The molecular formula is C18H24O5. The molecule has 0 unspecified atom stereocenters. The molecule has 0 radical (unpaired) electrons. The van der Waals surface area contributed by atoms with Crippen LogP contribution in [0.15, 0.2) is 22.5 Å². The molecule has 4 atom stereocenters. The minimum atomic E-state index is -0.664. The van der Waals surface area contributed by atoms with Crippen molar-refractivity contribution in [3.8, 4) is 0 Å². The van der Waals surface area contributed by atoms with Crippen LogP contribution in [0, 0.1) is 17.3 Å². The number of ether oxygens (including phenoxy) is 2. The van der Waals surface area contributed by atoms with Crippen LogP contribution in [0.4, 0.5) is 0 Å². The molecule has 1 saturated carbocycles. The van der Waals surface area contributed by atoms with Crippen molar-refractivity contribution in [2.75, 3.05) is 0 Å². The van der Waals surface area contributed by atoms with Gasteiger partial charge in [0, 0.05) is 22.1 Å². The van der Waals surface area contributed by atoms with Gasteiger partial charge in [-0.3, -0.25) is 4.79 Å². The summed E-state index contributed by atoms with van der Waals surface area (Å²) in [5.41, 5.74) is 1.31. The summed E-state index contributed by atoms with van der Waals surface area (Å²) < 4.78 is 11.3. The zero-order valence-electron chi connectivity index (χ0n) is 14.3. The van der Waals surface area contributed by atoms with Crippen molar-refractivity contribution in [3.05, 3.63) is 22.5 Å². The van der Waals surface area contributed by atoms with E-state index in [2.05, 4.69) is 6.92 Å². The standard InChI is InChI=1S/C18H24O5/c1-8(2)16(20)23-15-12-10(4)17(21)22-14(12)13-11(19)7-6-9(3)18(13,15)5/h8-9,11,15,19H,6-7H2,1-5H3/t9-,11+,15-,18+/m0/s1. The Morgan fingerprint density at radius 1 is 1.39 bits per heavy atom. The number of aliphatic hydroxyl groups excluding tert-OH is 1. The normalized spacial score (nSPS) is 36.3. The lowest BCUT2D eigenvalue weighted by Crippen LogP contribution is -2.46. The van der Waals surface area contributed by atoms with E-state index >= 15 is 0 Å². The summed E-state index contributed by atoms with van der Waals surface area (Å²) >= 11 is 0. The smallest absolute Gasteiger partial charge is 0.339 e. The van der Waals surface area contributed by atoms with Gasteiger partial charge in [-0.25, -0.2) is 4.79 Å². The number of rotatable bonds is 2. The maximum atomic E-state index is 12.2. The topological polar surface area (TPSA) is 72.8 Å². The number of carbonyl (C=O) groups excluding carboxylic acids is 2. The fraction of sp³-hybridized carbons (Fsp3) is 0.667. The minimum absolute atomic E-state index is 0.211. The van der Waals surface area contributed by atoms with E-state index in [1.807, 2.05) is 6.92 Å². The molecule has 0 bridgehead atoms. The fourth-order valence-electron chi connectivity index (χ4n) is 4.03. The van der Waals surface area contributed by atoms with Crippen LogP contribution >= 0.6 is 0 Å². The molecule has 1 N–H and O–H groups in total. The summed E-state index contributed by atoms with van der Waals surface area (Å²) in [7, 11) is 0. The molecule has 1 heterocycles. The summed E-state index contributed by atoms with van der Waals surface area (Å²) in [6.07, 6.45) is 0.232. The van der Waals surface area contributed by atoms with E-state index in [4.69, 9.17) is 9.47 Å². The molecule has 126 valence electrons. The van der Waals surface area contributed by atoms with Crippen molar-refractivity contribution in [2.45, 2.75) is 59.7 Å². The first-order chi connectivity index (χ1) is 10.7. The van der Waals surface area contributed by atoms with Gasteiger partial charge < -0.3 is 14.6 Å². The monoisotopic (exact) mass is 320 g/mol. The van der Waals surface area contributed by atoms with Crippen LogP contribution in [0.5, 0.6) is 0 Å². The van der Waals surface area contributed by atoms with E-state index in [-0.39, 0.29) is 17.8 Å². The SMILES string of the molecule is CC1=C2C(=C3[C@H](O)CC[C@H](C)[C@@]3(C)[C@H]2OC(=O)C(C)C)OC1=O. The second-order valence-corrected chi connectivity index (χ2v) is 7.42. The lowest BCUT2D eigenvalue weighted by Gasteiger charge is -2.44. The van der Waals surface area contributed by atoms with Crippen molar-refractivity contribution in [3.63, 3.8) is 0 Å². The third-order valence-corrected chi connectivity index (χ3v) is 5.72. The van der Waals surface area contributed by atoms with Gasteiger partial charge in [0.1, 0.15) is 11.9 Å². The summed E-state index contributed by atoms with van der Waals surface area (Å²) in [6, 6.07) is 0. The van der Waals surface area contributed by atoms with Gasteiger partial charge in [0.25, 0.3) is 0 Å². The Kier molecular flexibility index (Phi) is 3.67. The van der Waals surface area contributed by atoms with E-state index in [0.717, 1.165) is 12.0 Å². The molecule has 5 heteroatoms. The molecule has 1 fully saturated rings. The second-order valence-electron chi connectivity index (χ2n) is 7.42. The Labute approximate surface area is 136 Å². The molecule has 0 aromatic carbocycles. The van der Waals surface area contributed by atoms with Crippen molar-refractivity contribution in [1.82, 2.24) is 0 Å². The predicted octanol–water partition coefficient (Wildman–Crippen LogP) is 2.49. The van der Waals surface area contributed by atoms with Crippen molar-refractivity contribution < 1.29 is 24.2 Å². The molecule has 23 heavy (non-hydrogen) atoms. The van der Waals surface area contributed by atoms with Gasteiger partial charge in [-0.05, 0) is 25.7 Å². The first-order valence-electron chi connectivity index (χ1n) is 8.26. The Balaban J connectivity index is 2.14. The Morgan fingerprint density at radius 3 is 2.65 bits per heavy atom. The van der Waals surface area contributed by atoms with E-state index in [9.17, 15) is 14.7 Å². The average Bonchev–Trinajstić information content (AvgIpc) is 2.89. The number of hydrogen-bond donors (Lipinski definition) is 1. The van der Waals surface area contributed by atoms with Crippen molar-refractivity contribution in [2.24, 2.45) is 17.3 Å². The molecule has 0 amide bonds. The van der Waals surface area contributed by atoms with Gasteiger partial charge in [0.2, 0.25) is 0 Å². The molecule has 0 aromatic heterocycles. The Bertz CT molecular complexity index is 642. The summed E-state index contributed by atoms with van der Waals surface area (Å²) in [6.45, 7) is 9.37. The van der Waals surface area contributed by atoms with Crippen LogP contribution in [0.25, 0.3) is 0 Å². The molecule has 3 rings (SSSR count). The van der Waals surface area contributed by atoms with E-state index in [0.29, 0.717) is 23.3 Å². The number of hydrogen-bond acceptors (Lipinski definition) is 5. The zero-order valence-corrected chi connectivity index (χ0v) is 14.3. The molecule has 3 aliphatic rings. The van der Waals surface area contributed by atoms with Gasteiger partial charge in [0.15, 0.2) is 0 Å². The lowest BCUT2D eigenvalue weighted by atomic mass is 9.63. The number of aliphatic hydroxyl groups is 1. The maximum absolute atomic E-state index is 12.2. The quantitative estimate of drug-likeness (QED) is 0.791. The fourth-order valence-corrected chi connectivity index (χ4v) is 4.03. The zero-order chi connectivity index (χ0) is 17.1. The van der Waals surface area contributed by atoms with Gasteiger partial charge in [-0.1, -0.05) is 27.7 Å². The van der Waals surface area contributed by atoms with Crippen LogP contribution < -0.4 is 0 Å². The first-order valence-corrected chi connectivity index (χ1v) is 8.26. The summed E-state index contributed by atoms with van der Waals surface area (Å²) in [5.74, 6) is -0.322. The summed E-state index contributed by atoms with van der Waals surface area (Å²) in [4.78, 5) is 24.2. The molecule has 5 nitrogen and oxygen atoms in total. The highest BCUT2D eigenvalue weighted by Gasteiger charge is 2.60. The van der Waals surface area contributed by atoms with Crippen molar-refractivity contribution in [1.29, 1.82) is 0 Å². The van der Waals surface area contributed by atoms with Gasteiger partial charge in [-0.15, -0.1) is 0 Å². The van der Waals surface area contributed by atoms with E-state index < -0.39 is 23.6 Å². The van der Waals surface area contributed by atoms with Crippen LogP contribution in [0.3, 0.4) is 0 Å². The van der Waals surface area contributed by atoms with Crippen LogP contribution in [-0.4, -0.2) is 29.3 Å². The Hall–Kier alpha value is -1.62. The summed E-state index contributed by atoms with van der Waals surface area (Å²) in [5, 5.41) is 10.5. The molecule has 2 aliphatic carbocycles. The van der Waals surface area contributed by atoms with Gasteiger partial charge in [0.05, 0.1) is 12.0 Å². The first kappa shape index (κ1) is 16.2. The predicted molar refractivity (Wildman–Crippen MR) is 83.0 cm³/mol. The molecule has 0 aromatic rings. The highest BCUT2D eigenvalue weighted by Crippen LogP contribution is 2.59. The second kappa shape index (κ2) is 5.20. The van der Waals surface area contributed by atoms with E-state index in [1.165, 1.54) is 0 Å². The average molecular weight is 320 g/mol. The third kappa shape index (κ3) is 2.09. The van der Waals surface area contributed by atoms with Crippen LogP contribution in [0.2, 0.25) is 0 Å². The highest BCUT2D eigenvalue weighted by atomic mass is 16.6. The Morgan fingerprint density at radius 2 is 2.04 bits per heavy atom. The number of esters is 2. The maximum Gasteiger partial charge on any atom is 0.339 e. The van der Waals surface area contributed by atoms with Crippen molar-refractivity contribution >= 4 is 11.9 Å². The third-order valence-electron chi connectivity index (χ3n) is 5.72. The number of carbonyl (C=O) groups is 2. The molecule has 1 aliphatic heterocycles. The van der Waals surface area contributed by atoms with Crippen LogP contribution in [-0.2, 0) is 19.1 Å². The van der Waals surface area contributed by atoms with Gasteiger partial charge >= 0.3 is 11.9 Å². The lowest BCUT2D eigenvalue weighted by molar-refractivity contribution is -0.157. The number of fused-ring (bicyclic) bond motifs is 2.